The van der Waals surface area contributed by atoms with Crippen LogP contribution in [0.25, 0.3) is 0 Å². The minimum absolute atomic E-state index is 0.398. The van der Waals surface area contributed by atoms with Crippen molar-refractivity contribution in [1.29, 1.82) is 0 Å². The molecule has 2 N–H and O–H groups in total. The molecule has 2 rings (SSSR count). The fourth-order valence-corrected chi connectivity index (χ4v) is 1.34. The Balaban J connectivity index is 2.30. The summed E-state index contributed by atoms with van der Waals surface area (Å²) in [6, 6.07) is 7.61. The molecule has 0 aliphatic heterocycles. The average molecular weight is 215 g/mol. The van der Waals surface area contributed by atoms with Crippen molar-refractivity contribution in [3.63, 3.8) is 0 Å². The van der Waals surface area contributed by atoms with E-state index in [2.05, 4.69) is 9.97 Å². The monoisotopic (exact) mass is 215 g/mol. The maximum absolute atomic E-state index is 5.64. The molecule has 0 atom stereocenters. The van der Waals surface area contributed by atoms with Crippen LogP contribution in [0.2, 0.25) is 0 Å². The van der Waals surface area contributed by atoms with E-state index >= 15 is 0 Å². The highest BCUT2D eigenvalue weighted by Gasteiger charge is 2.03. The van der Waals surface area contributed by atoms with E-state index < -0.39 is 0 Å². The van der Waals surface area contributed by atoms with Gasteiger partial charge in [-0.1, -0.05) is 12.1 Å². The lowest BCUT2D eigenvalue weighted by atomic mass is 10.1. The number of aromatic nitrogens is 2. The van der Waals surface area contributed by atoms with E-state index in [-0.39, 0.29) is 0 Å². The van der Waals surface area contributed by atoms with E-state index in [1.807, 2.05) is 32.0 Å². The topological polar surface area (TPSA) is 61.0 Å². The Morgan fingerprint density at radius 2 is 1.94 bits per heavy atom. The molecule has 1 heterocycles. The number of nitrogens with zero attached hydrogens (tertiary/aromatic N) is 2. The van der Waals surface area contributed by atoms with Crippen LogP contribution >= 0.6 is 0 Å². The Bertz CT molecular complexity index is 511. The summed E-state index contributed by atoms with van der Waals surface area (Å²) in [5.74, 6) is 1.65. The van der Waals surface area contributed by atoms with E-state index in [0.29, 0.717) is 11.7 Å². The summed E-state index contributed by atoms with van der Waals surface area (Å²) in [5.41, 5.74) is 7.75. The second-order valence-corrected chi connectivity index (χ2v) is 3.65. The van der Waals surface area contributed by atoms with Crippen LogP contribution in [0.4, 0.5) is 5.82 Å². The van der Waals surface area contributed by atoms with Crippen LogP contribution in [0.3, 0.4) is 0 Å². The molecule has 0 aliphatic rings. The van der Waals surface area contributed by atoms with Crippen molar-refractivity contribution < 1.29 is 4.74 Å². The lowest BCUT2D eigenvalue weighted by Gasteiger charge is -2.08. The summed E-state index contributed by atoms with van der Waals surface area (Å²) in [6.07, 6.45) is 1.38. The van der Waals surface area contributed by atoms with Crippen molar-refractivity contribution in [3.05, 3.63) is 41.7 Å². The van der Waals surface area contributed by atoms with E-state index in [0.717, 1.165) is 16.9 Å². The molecule has 0 spiro atoms. The third-order valence-corrected chi connectivity index (χ3v) is 2.22. The zero-order chi connectivity index (χ0) is 11.5. The molecule has 1 aromatic carbocycles. The minimum atomic E-state index is 0.398. The fourth-order valence-electron chi connectivity index (χ4n) is 1.34. The lowest BCUT2D eigenvalue weighted by molar-refractivity contribution is 0.458. The number of ether oxygens (including phenoxy) is 1. The second kappa shape index (κ2) is 4.18. The molecular formula is C12H13N3O. The first kappa shape index (κ1) is 10.4. The highest BCUT2D eigenvalue weighted by molar-refractivity contribution is 5.40. The molecule has 0 bridgehead atoms. The van der Waals surface area contributed by atoms with Crippen LogP contribution in [-0.2, 0) is 0 Å². The molecule has 4 heteroatoms. The molecule has 0 fully saturated rings. The number of nitrogens with two attached hydrogens (primary N) is 1. The molecule has 0 saturated heterocycles. The smallest absolute Gasteiger partial charge is 0.224 e. The Kier molecular flexibility index (Phi) is 2.72. The van der Waals surface area contributed by atoms with E-state index in [9.17, 15) is 0 Å². The first-order chi connectivity index (χ1) is 7.65. The van der Waals surface area contributed by atoms with Crippen molar-refractivity contribution in [3.8, 4) is 11.6 Å². The summed E-state index contributed by atoms with van der Waals surface area (Å²) in [4.78, 5) is 7.80. The Labute approximate surface area is 94.1 Å². The molecule has 0 unspecified atom stereocenters. The zero-order valence-electron chi connectivity index (χ0n) is 9.27. The van der Waals surface area contributed by atoms with Gasteiger partial charge in [-0.2, -0.15) is 0 Å². The van der Waals surface area contributed by atoms with E-state index in [4.69, 9.17) is 10.5 Å². The van der Waals surface area contributed by atoms with Gasteiger partial charge < -0.3 is 10.5 Å². The van der Waals surface area contributed by atoms with Gasteiger partial charge in [-0.25, -0.2) is 9.97 Å². The van der Waals surface area contributed by atoms with E-state index in [1.54, 1.807) is 6.07 Å². The Morgan fingerprint density at radius 1 is 1.12 bits per heavy atom. The van der Waals surface area contributed by atoms with Crippen LogP contribution in [0, 0.1) is 13.8 Å². The van der Waals surface area contributed by atoms with Gasteiger partial charge in [0.1, 0.15) is 17.9 Å². The Morgan fingerprint density at radius 3 is 2.69 bits per heavy atom. The van der Waals surface area contributed by atoms with Crippen molar-refractivity contribution in [2.24, 2.45) is 0 Å². The third kappa shape index (κ3) is 2.28. The highest BCUT2D eigenvalue weighted by atomic mass is 16.5. The minimum Gasteiger partial charge on any atom is -0.439 e. The second-order valence-electron chi connectivity index (χ2n) is 3.65. The maximum Gasteiger partial charge on any atom is 0.224 e. The van der Waals surface area contributed by atoms with Gasteiger partial charge in [-0.3, -0.25) is 0 Å². The first-order valence-corrected chi connectivity index (χ1v) is 4.98. The highest BCUT2D eigenvalue weighted by Crippen LogP contribution is 2.24. The lowest BCUT2D eigenvalue weighted by Crippen LogP contribution is -1.95. The molecule has 0 amide bonds. The molecule has 4 nitrogen and oxygen atoms in total. The molecular weight excluding hydrogens is 202 g/mol. The standard InChI is InChI=1S/C12H13N3O/c1-8-3-4-9(2)10(5-8)16-12-6-11(13)14-7-15-12/h3-7H,1-2H3,(H2,13,14,15). The predicted octanol–water partition coefficient (Wildman–Crippen LogP) is 2.47. The van der Waals surface area contributed by atoms with Crippen LogP contribution in [0.1, 0.15) is 11.1 Å². The SMILES string of the molecule is Cc1ccc(C)c(Oc2cc(N)ncn2)c1. The van der Waals surface area contributed by atoms with Gasteiger partial charge in [0.15, 0.2) is 0 Å². The zero-order valence-corrected chi connectivity index (χ0v) is 9.27. The molecule has 1 aromatic heterocycles. The molecule has 16 heavy (non-hydrogen) atoms. The van der Waals surface area contributed by atoms with Gasteiger partial charge in [0.2, 0.25) is 5.88 Å². The van der Waals surface area contributed by atoms with Gasteiger partial charge in [0.25, 0.3) is 0 Å². The van der Waals surface area contributed by atoms with Crippen LogP contribution in [0.5, 0.6) is 11.6 Å². The number of hydrogen-bond acceptors (Lipinski definition) is 4. The molecule has 0 saturated carbocycles. The normalized spacial score (nSPS) is 10.1. The molecule has 0 aliphatic carbocycles. The van der Waals surface area contributed by atoms with Crippen LogP contribution in [-0.4, -0.2) is 9.97 Å². The molecule has 2 aromatic rings. The number of rotatable bonds is 2. The largest absolute Gasteiger partial charge is 0.439 e. The van der Waals surface area contributed by atoms with Gasteiger partial charge in [-0.15, -0.1) is 0 Å². The number of nitrogen functional groups attached to an aromatic ring is 1. The van der Waals surface area contributed by atoms with Crippen molar-refractivity contribution >= 4 is 5.82 Å². The predicted molar refractivity (Wildman–Crippen MR) is 62.4 cm³/mol. The summed E-state index contributed by atoms with van der Waals surface area (Å²) < 4.78 is 5.64. The van der Waals surface area contributed by atoms with Crippen LogP contribution in [0.15, 0.2) is 30.6 Å². The van der Waals surface area contributed by atoms with Crippen molar-refractivity contribution in [2.45, 2.75) is 13.8 Å². The first-order valence-electron chi connectivity index (χ1n) is 4.98. The number of benzene rings is 1. The van der Waals surface area contributed by atoms with Gasteiger partial charge in [0, 0.05) is 6.07 Å². The maximum atomic E-state index is 5.64. The fraction of sp³-hybridized carbons (Fsp3) is 0.167. The Hall–Kier alpha value is -2.10. The number of anilines is 1. The van der Waals surface area contributed by atoms with Gasteiger partial charge in [-0.05, 0) is 31.0 Å². The van der Waals surface area contributed by atoms with Crippen molar-refractivity contribution in [1.82, 2.24) is 9.97 Å². The number of hydrogen-bond donors (Lipinski definition) is 1. The quantitative estimate of drug-likeness (QED) is 0.835. The number of aryl methyl sites for hydroxylation is 2. The molecule has 0 radical (unpaired) electrons. The van der Waals surface area contributed by atoms with Gasteiger partial charge in [0.05, 0.1) is 0 Å². The summed E-state index contributed by atoms with van der Waals surface area (Å²) in [6.45, 7) is 4.00. The average Bonchev–Trinajstić information content (AvgIpc) is 2.24. The third-order valence-electron chi connectivity index (χ3n) is 2.22. The molecule has 82 valence electrons. The van der Waals surface area contributed by atoms with Gasteiger partial charge >= 0.3 is 0 Å². The summed E-state index contributed by atoms with van der Waals surface area (Å²) in [7, 11) is 0. The summed E-state index contributed by atoms with van der Waals surface area (Å²) >= 11 is 0. The van der Waals surface area contributed by atoms with Crippen molar-refractivity contribution in [2.75, 3.05) is 5.73 Å². The summed E-state index contributed by atoms with van der Waals surface area (Å²) in [5, 5.41) is 0. The van der Waals surface area contributed by atoms with Crippen LogP contribution < -0.4 is 10.5 Å². The van der Waals surface area contributed by atoms with E-state index in [1.165, 1.54) is 6.33 Å².